The molecule has 0 aromatic heterocycles. The second kappa shape index (κ2) is 4.56. The van der Waals surface area contributed by atoms with Crippen molar-refractivity contribution in [1.82, 2.24) is 5.32 Å². The minimum absolute atomic E-state index is 0.0476. The molecule has 0 radical (unpaired) electrons. The van der Waals surface area contributed by atoms with Gasteiger partial charge < -0.3 is 0 Å². The number of benzene rings is 2. The van der Waals surface area contributed by atoms with Gasteiger partial charge in [0, 0.05) is 10.6 Å². The standard InChI is InChI=1S/C15H12ClNO/c16-12-9-5-4-8-11(12)13-14(17-13)15(18)10-6-2-1-3-7-10/h1-9,13-14,17H/t13-,14-/m0/s1. The number of Topliss-reactive ketones (excluding diaryl/α,β-unsaturated/α-hetero) is 1. The van der Waals surface area contributed by atoms with Crippen LogP contribution in [0.2, 0.25) is 5.02 Å². The Bertz CT molecular complexity index is 582. The molecule has 0 aliphatic carbocycles. The van der Waals surface area contributed by atoms with Crippen molar-refractivity contribution in [2.24, 2.45) is 0 Å². The van der Waals surface area contributed by atoms with Crippen LogP contribution in [-0.2, 0) is 0 Å². The number of rotatable bonds is 3. The Balaban J connectivity index is 1.79. The van der Waals surface area contributed by atoms with Gasteiger partial charge in [0.05, 0.1) is 12.1 Å². The third kappa shape index (κ3) is 2.05. The van der Waals surface area contributed by atoms with Crippen LogP contribution in [0.25, 0.3) is 0 Å². The second-order valence-corrected chi connectivity index (χ2v) is 4.78. The third-order valence-corrected chi connectivity index (χ3v) is 3.51. The van der Waals surface area contributed by atoms with E-state index in [2.05, 4.69) is 5.32 Å². The molecule has 2 nitrogen and oxygen atoms in total. The summed E-state index contributed by atoms with van der Waals surface area (Å²) in [6, 6.07) is 16.9. The lowest BCUT2D eigenvalue weighted by molar-refractivity contribution is 0.0988. The molecule has 3 heteroatoms. The largest absolute Gasteiger partial charge is 0.297 e. The molecule has 2 atom stereocenters. The number of hydrogen-bond acceptors (Lipinski definition) is 2. The maximum atomic E-state index is 12.2. The molecule has 2 aromatic carbocycles. The Hall–Kier alpha value is -1.64. The molecule has 18 heavy (non-hydrogen) atoms. The highest BCUT2D eigenvalue weighted by atomic mass is 35.5. The predicted molar refractivity (Wildman–Crippen MR) is 71.9 cm³/mol. The summed E-state index contributed by atoms with van der Waals surface area (Å²) in [5.74, 6) is 0.125. The van der Waals surface area contributed by atoms with E-state index in [9.17, 15) is 4.79 Å². The zero-order valence-electron chi connectivity index (χ0n) is 9.64. The maximum Gasteiger partial charge on any atom is 0.181 e. The molecule has 1 N–H and O–H groups in total. The Morgan fingerprint density at radius 3 is 2.39 bits per heavy atom. The monoisotopic (exact) mass is 257 g/mol. The van der Waals surface area contributed by atoms with Crippen LogP contribution >= 0.6 is 11.6 Å². The topological polar surface area (TPSA) is 39.0 Å². The first-order valence-electron chi connectivity index (χ1n) is 5.87. The first-order valence-corrected chi connectivity index (χ1v) is 6.25. The average Bonchev–Trinajstić information content (AvgIpc) is 3.20. The molecule has 1 aliphatic heterocycles. The van der Waals surface area contributed by atoms with E-state index in [1.807, 2.05) is 54.6 Å². The van der Waals surface area contributed by atoms with Gasteiger partial charge in [-0.3, -0.25) is 10.1 Å². The number of ketones is 1. The Morgan fingerprint density at radius 1 is 1.00 bits per heavy atom. The molecule has 1 fully saturated rings. The van der Waals surface area contributed by atoms with Gasteiger partial charge in [0.1, 0.15) is 0 Å². The molecule has 3 rings (SSSR count). The lowest BCUT2D eigenvalue weighted by Crippen LogP contribution is -2.10. The van der Waals surface area contributed by atoms with E-state index in [1.165, 1.54) is 0 Å². The fourth-order valence-electron chi connectivity index (χ4n) is 2.14. The summed E-state index contributed by atoms with van der Waals surface area (Å²) in [5.41, 5.74) is 1.73. The van der Waals surface area contributed by atoms with Crippen LogP contribution in [0.4, 0.5) is 0 Å². The summed E-state index contributed by atoms with van der Waals surface area (Å²) in [4.78, 5) is 12.2. The Kier molecular flexibility index (Phi) is 2.90. The van der Waals surface area contributed by atoms with Gasteiger partial charge in [0.15, 0.2) is 5.78 Å². The van der Waals surface area contributed by atoms with Gasteiger partial charge in [-0.1, -0.05) is 60.1 Å². The molecular formula is C15H12ClNO. The molecule has 0 amide bonds. The van der Waals surface area contributed by atoms with Gasteiger partial charge in [-0.2, -0.15) is 0 Å². The van der Waals surface area contributed by atoms with Crippen LogP contribution in [0.5, 0.6) is 0 Å². The highest BCUT2D eigenvalue weighted by Gasteiger charge is 2.44. The quantitative estimate of drug-likeness (QED) is 0.677. The zero-order chi connectivity index (χ0) is 12.5. The van der Waals surface area contributed by atoms with Crippen molar-refractivity contribution in [2.75, 3.05) is 0 Å². The number of nitrogens with one attached hydrogen (secondary N) is 1. The molecule has 0 unspecified atom stereocenters. The second-order valence-electron chi connectivity index (χ2n) is 4.37. The highest BCUT2D eigenvalue weighted by Crippen LogP contribution is 2.35. The van der Waals surface area contributed by atoms with E-state index in [0.717, 1.165) is 11.1 Å². The Morgan fingerprint density at radius 2 is 1.67 bits per heavy atom. The van der Waals surface area contributed by atoms with Crippen molar-refractivity contribution < 1.29 is 4.79 Å². The van der Waals surface area contributed by atoms with Gasteiger partial charge in [-0.25, -0.2) is 0 Å². The third-order valence-electron chi connectivity index (χ3n) is 3.16. The van der Waals surface area contributed by atoms with Crippen molar-refractivity contribution in [3.8, 4) is 0 Å². The molecule has 0 bridgehead atoms. The van der Waals surface area contributed by atoms with Crippen LogP contribution in [-0.4, -0.2) is 11.8 Å². The van der Waals surface area contributed by atoms with Gasteiger partial charge in [-0.15, -0.1) is 0 Å². The van der Waals surface area contributed by atoms with Crippen LogP contribution in [0.3, 0.4) is 0 Å². The summed E-state index contributed by atoms with van der Waals surface area (Å²) in [6.45, 7) is 0. The minimum atomic E-state index is -0.146. The summed E-state index contributed by atoms with van der Waals surface area (Å²) in [6.07, 6.45) is 0. The number of hydrogen-bond donors (Lipinski definition) is 1. The van der Waals surface area contributed by atoms with E-state index in [1.54, 1.807) is 0 Å². The predicted octanol–water partition coefficient (Wildman–Crippen LogP) is 3.24. The van der Waals surface area contributed by atoms with Gasteiger partial charge in [0.2, 0.25) is 0 Å². The summed E-state index contributed by atoms with van der Waals surface area (Å²) in [7, 11) is 0. The molecule has 0 saturated carbocycles. The SMILES string of the molecule is O=C(c1ccccc1)[C@H]1N[C@H]1c1ccccc1Cl. The van der Waals surface area contributed by atoms with E-state index in [0.29, 0.717) is 5.02 Å². The molecule has 1 saturated heterocycles. The lowest BCUT2D eigenvalue weighted by atomic mass is 10.0. The lowest BCUT2D eigenvalue weighted by Gasteiger charge is -2.01. The van der Waals surface area contributed by atoms with Crippen LogP contribution in [0.15, 0.2) is 54.6 Å². The molecule has 0 spiro atoms. The molecule has 2 aromatic rings. The van der Waals surface area contributed by atoms with Crippen molar-refractivity contribution >= 4 is 17.4 Å². The average molecular weight is 258 g/mol. The van der Waals surface area contributed by atoms with Gasteiger partial charge in [-0.05, 0) is 11.6 Å². The minimum Gasteiger partial charge on any atom is -0.297 e. The molecule has 1 aliphatic rings. The van der Waals surface area contributed by atoms with E-state index in [-0.39, 0.29) is 17.9 Å². The number of halogens is 1. The van der Waals surface area contributed by atoms with Crippen LogP contribution in [0.1, 0.15) is 22.0 Å². The van der Waals surface area contributed by atoms with Crippen molar-refractivity contribution in [2.45, 2.75) is 12.1 Å². The summed E-state index contributed by atoms with van der Waals surface area (Å²) < 4.78 is 0. The summed E-state index contributed by atoms with van der Waals surface area (Å²) >= 11 is 6.12. The number of carbonyl (C=O) groups excluding carboxylic acids is 1. The first kappa shape index (κ1) is 11.5. The zero-order valence-corrected chi connectivity index (χ0v) is 10.4. The Labute approximate surface area is 111 Å². The smallest absolute Gasteiger partial charge is 0.181 e. The van der Waals surface area contributed by atoms with E-state index in [4.69, 9.17) is 11.6 Å². The van der Waals surface area contributed by atoms with E-state index < -0.39 is 0 Å². The van der Waals surface area contributed by atoms with Crippen molar-refractivity contribution in [3.63, 3.8) is 0 Å². The molecule has 90 valence electrons. The normalized spacial score (nSPS) is 21.6. The number of carbonyl (C=O) groups is 1. The fourth-order valence-corrected chi connectivity index (χ4v) is 2.40. The molecule has 1 heterocycles. The van der Waals surface area contributed by atoms with Gasteiger partial charge >= 0.3 is 0 Å². The van der Waals surface area contributed by atoms with Crippen molar-refractivity contribution in [3.05, 3.63) is 70.7 Å². The molecular weight excluding hydrogens is 246 g/mol. The van der Waals surface area contributed by atoms with Crippen molar-refractivity contribution in [1.29, 1.82) is 0 Å². The first-order chi connectivity index (χ1) is 8.77. The maximum absolute atomic E-state index is 12.2. The summed E-state index contributed by atoms with van der Waals surface area (Å²) in [5, 5.41) is 3.90. The fraction of sp³-hybridized carbons (Fsp3) is 0.133. The van der Waals surface area contributed by atoms with Crippen LogP contribution < -0.4 is 5.32 Å². The van der Waals surface area contributed by atoms with Gasteiger partial charge in [0.25, 0.3) is 0 Å². The van der Waals surface area contributed by atoms with Crippen LogP contribution in [0, 0.1) is 0 Å². The highest BCUT2D eigenvalue weighted by molar-refractivity contribution is 6.31. The van der Waals surface area contributed by atoms with E-state index >= 15 is 0 Å².